The van der Waals surface area contributed by atoms with Gasteiger partial charge in [0.2, 0.25) is 15.9 Å². The Labute approximate surface area is 141 Å². The van der Waals surface area contributed by atoms with Gasteiger partial charge in [-0.15, -0.1) is 0 Å². The molecule has 2 aromatic carbocycles. The topological polar surface area (TPSA) is 75.3 Å². The van der Waals surface area contributed by atoms with Crippen LogP contribution in [0.2, 0.25) is 0 Å². The van der Waals surface area contributed by atoms with Gasteiger partial charge in [-0.25, -0.2) is 17.5 Å². The summed E-state index contributed by atoms with van der Waals surface area (Å²) >= 11 is 0. The highest BCUT2D eigenvalue weighted by molar-refractivity contribution is 7.89. The van der Waals surface area contributed by atoms with E-state index in [-0.39, 0.29) is 23.8 Å². The number of benzene rings is 2. The van der Waals surface area contributed by atoms with Crippen molar-refractivity contribution in [2.24, 2.45) is 0 Å². The van der Waals surface area contributed by atoms with Crippen molar-refractivity contribution >= 4 is 21.6 Å². The van der Waals surface area contributed by atoms with Gasteiger partial charge in [-0.2, -0.15) is 0 Å². The second-order valence-corrected chi connectivity index (χ2v) is 7.21. The van der Waals surface area contributed by atoms with Crippen LogP contribution >= 0.6 is 0 Å². The number of carbonyl (C=O) groups excluding carboxylic acids is 1. The van der Waals surface area contributed by atoms with Crippen molar-refractivity contribution in [2.75, 3.05) is 11.9 Å². The van der Waals surface area contributed by atoms with Crippen molar-refractivity contribution in [1.29, 1.82) is 0 Å². The van der Waals surface area contributed by atoms with Gasteiger partial charge in [0.25, 0.3) is 0 Å². The summed E-state index contributed by atoms with van der Waals surface area (Å²) in [6.45, 7) is 3.59. The van der Waals surface area contributed by atoms with E-state index in [1.807, 2.05) is 6.92 Å². The maximum absolute atomic E-state index is 12.8. The quantitative estimate of drug-likeness (QED) is 0.841. The Hall–Kier alpha value is -2.25. The zero-order chi connectivity index (χ0) is 17.7. The molecular formula is C17H19FN2O3S. The average molecular weight is 350 g/mol. The molecule has 0 aromatic heterocycles. The van der Waals surface area contributed by atoms with Gasteiger partial charge < -0.3 is 5.32 Å². The predicted octanol–water partition coefficient (Wildman–Crippen LogP) is 2.75. The van der Waals surface area contributed by atoms with Crippen LogP contribution in [0.1, 0.15) is 17.5 Å². The minimum absolute atomic E-state index is 0.0251. The Kier molecular flexibility index (Phi) is 5.69. The molecule has 0 spiro atoms. The number of hydrogen-bond donors (Lipinski definition) is 2. The van der Waals surface area contributed by atoms with Gasteiger partial charge in [0.1, 0.15) is 5.82 Å². The fourth-order valence-electron chi connectivity index (χ4n) is 2.23. The largest absolute Gasteiger partial charge is 0.326 e. The van der Waals surface area contributed by atoms with Gasteiger partial charge >= 0.3 is 0 Å². The van der Waals surface area contributed by atoms with Gasteiger partial charge in [-0.3, -0.25) is 4.79 Å². The number of sulfonamides is 1. The lowest BCUT2D eigenvalue weighted by molar-refractivity contribution is -0.116. The summed E-state index contributed by atoms with van der Waals surface area (Å²) in [5.74, 6) is -0.751. The highest BCUT2D eigenvalue weighted by atomic mass is 32.2. The molecule has 128 valence electrons. The number of rotatable bonds is 6. The van der Waals surface area contributed by atoms with Crippen LogP contribution in [0, 0.1) is 19.7 Å². The molecular weight excluding hydrogens is 331 g/mol. The number of carbonyl (C=O) groups is 1. The molecule has 0 aliphatic heterocycles. The second kappa shape index (κ2) is 7.55. The van der Waals surface area contributed by atoms with E-state index in [9.17, 15) is 17.6 Å². The molecule has 24 heavy (non-hydrogen) atoms. The van der Waals surface area contributed by atoms with Crippen molar-refractivity contribution in [1.82, 2.24) is 4.72 Å². The van der Waals surface area contributed by atoms with Crippen molar-refractivity contribution in [2.45, 2.75) is 25.2 Å². The Morgan fingerprint density at radius 2 is 1.75 bits per heavy atom. The molecule has 1 amide bonds. The third kappa shape index (κ3) is 4.87. The number of amides is 1. The minimum Gasteiger partial charge on any atom is -0.326 e. The molecule has 7 heteroatoms. The lowest BCUT2D eigenvalue weighted by atomic mass is 10.2. The van der Waals surface area contributed by atoms with E-state index in [1.165, 1.54) is 24.3 Å². The Morgan fingerprint density at radius 3 is 2.38 bits per heavy atom. The maximum atomic E-state index is 12.8. The second-order valence-electron chi connectivity index (χ2n) is 5.47. The van der Waals surface area contributed by atoms with Crippen LogP contribution in [0.3, 0.4) is 0 Å². The maximum Gasteiger partial charge on any atom is 0.240 e. The highest BCUT2D eigenvalue weighted by Crippen LogP contribution is 2.16. The Bertz CT molecular complexity index is 833. The first-order valence-corrected chi connectivity index (χ1v) is 8.88. The number of halogens is 1. The van der Waals surface area contributed by atoms with E-state index in [2.05, 4.69) is 10.0 Å². The van der Waals surface area contributed by atoms with Crippen LogP contribution in [0.4, 0.5) is 10.1 Å². The van der Waals surface area contributed by atoms with Crippen molar-refractivity contribution in [3.63, 3.8) is 0 Å². The van der Waals surface area contributed by atoms with Crippen molar-refractivity contribution in [3.8, 4) is 0 Å². The first-order valence-electron chi connectivity index (χ1n) is 7.40. The van der Waals surface area contributed by atoms with Crippen LogP contribution in [-0.4, -0.2) is 20.9 Å². The van der Waals surface area contributed by atoms with Gasteiger partial charge in [0.15, 0.2) is 0 Å². The first-order chi connectivity index (χ1) is 11.3. The standard InChI is InChI=1S/C17H19FN2O3S/c1-12-3-8-16(13(2)11-12)24(22,23)19-10-9-17(21)20-15-6-4-14(18)5-7-15/h3-8,11,19H,9-10H2,1-2H3,(H,20,21). The summed E-state index contributed by atoms with van der Waals surface area (Å²) in [4.78, 5) is 12.0. The lowest BCUT2D eigenvalue weighted by Gasteiger charge is -2.10. The molecule has 0 bridgehead atoms. The smallest absolute Gasteiger partial charge is 0.240 e. The van der Waals surface area contributed by atoms with Crippen LogP contribution in [0.15, 0.2) is 47.4 Å². The van der Waals surface area contributed by atoms with Crippen molar-refractivity contribution in [3.05, 3.63) is 59.4 Å². The minimum atomic E-state index is -3.66. The molecule has 0 atom stereocenters. The molecule has 0 aliphatic carbocycles. The predicted molar refractivity (Wildman–Crippen MR) is 90.8 cm³/mol. The van der Waals surface area contributed by atoms with Gasteiger partial charge in [-0.1, -0.05) is 17.7 Å². The van der Waals surface area contributed by atoms with Crippen LogP contribution in [0.5, 0.6) is 0 Å². The molecule has 0 unspecified atom stereocenters. The monoisotopic (exact) mass is 350 g/mol. The summed E-state index contributed by atoms with van der Waals surface area (Å²) in [7, 11) is -3.66. The summed E-state index contributed by atoms with van der Waals surface area (Å²) < 4.78 is 39.7. The number of aryl methyl sites for hydroxylation is 2. The molecule has 0 radical (unpaired) electrons. The molecule has 0 saturated carbocycles. The Balaban J connectivity index is 1.90. The fourth-order valence-corrected chi connectivity index (χ4v) is 3.49. The molecule has 2 N–H and O–H groups in total. The average Bonchev–Trinajstić information content (AvgIpc) is 2.49. The number of hydrogen-bond acceptors (Lipinski definition) is 3. The SMILES string of the molecule is Cc1ccc(S(=O)(=O)NCCC(=O)Nc2ccc(F)cc2)c(C)c1. The number of anilines is 1. The molecule has 2 rings (SSSR count). The summed E-state index contributed by atoms with van der Waals surface area (Å²) in [5.41, 5.74) is 2.09. The van der Waals surface area contributed by atoms with Crippen LogP contribution < -0.4 is 10.0 Å². The van der Waals surface area contributed by atoms with Crippen LogP contribution in [-0.2, 0) is 14.8 Å². The van der Waals surface area contributed by atoms with E-state index >= 15 is 0 Å². The molecule has 0 fully saturated rings. The van der Waals surface area contributed by atoms with Gasteiger partial charge in [-0.05, 0) is 49.7 Å². The summed E-state index contributed by atoms with van der Waals surface area (Å²) in [5, 5.41) is 2.57. The normalized spacial score (nSPS) is 11.3. The zero-order valence-electron chi connectivity index (χ0n) is 13.5. The van der Waals surface area contributed by atoms with E-state index < -0.39 is 15.8 Å². The third-order valence-corrected chi connectivity index (χ3v) is 5.01. The van der Waals surface area contributed by atoms with Gasteiger partial charge in [0.05, 0.1) is 4.90 Å². The van der Waals surface area contributed by atoms with Crippen molar-refractivity contribution < 1.29 is 17.6 Å². The molecule has 5 nitrogen and oxygen atoms in total. The van der Waals surface area contributed by atoms with E-state index in [0.29, 0.717) is 11.3 Å². The van der Waals surface area contributed by atoms with E-state index in [1.54, 1.807) is 25.1 Å². The van der Waals surface area contributed by atoms with E-state index in [4.69, 9.17) is 0 Å². The zero-order valence-corrected chi connectivity index (χ0v) is 14.3. The summed E-state index contributed by atoms with van der Waals surface area (Å²) in [6.07, 6.45) is -0.0263. The van der Waals surface area contributed by atoms with Crippen LogP contribution in [0.25, 0.3) is 0 Å². The van der Waals surface area contributed by atoms with E-state index in [0.717, 1.165) is 5.56 Å². The van der Waals surface area contributed by atoms with Gasteiger partial charge in [0, 0.05) is 18.7 Å². The first kappa shape index (κ1) is 18.1. The Morgan fingerprint density at radius 1 is 1.08 bits per heavy atom. The molecule has 0 saturated heterocycles. The highest BCUT2D eigenvalue weighted by Gasteiger charge is 2.16. The molecule has 0 heterocycles. The molecule has 0 aliphatic rings. The fraction of sp³-hybridized carbons (Fsp3) is 0.235. The summed E-state index contributed by atoms with van der Waals surface area (Å²) in [6, 6.07) is 10.4. The third-order valence-electron chi connectivity index (χ3n) is 3.39. The number of nitrogens with one attached hydrogen (secondary N) is 2. The molecule has 2 aromatic rings. The lowest BCUT2D eigenvalue weighted by Crippen LogP contribution is -2.28.